The summed E-state index contributed by atoms with van der Waals surface area (Å²) in [4.78, 5) is 19.1. The second-order valence-corrected chi connectivity index (χ2v) is 6.48. The van der Waals surface area contributed by atoms with Crippen LogP contribution in [0.25, 0.3) is 4.96 Å². The maximum absolute atomic E-state index is 11.7. The molecule has 2 aromatic heterocycles. The minimum atomic E-state index is -0.191. The summed E-state index contributed by atoms with van der Waals surface area (Å²) in [5.74, 6) is 0. The monoisotopic (exact) mass is 322 g/mol. The first-order valence-electron chi connectivity index (χ1n) is 7.77. The lowest BCUT2D eigenvalue weighted by Crippen LogP contribution is -2.45. The van der Waals surface area contributed by atoms with Crippen LogP contribution < -0.4 is 5.32 Å². The van der Waals surface area contributed by atoms with Crippen molar-refractivity contribution in [3.8, 4) is 0 Å². The molecule has 0 spiro atoms. The number of carbonyl (C=O) groups is 1. The van der Waals surface area contributed by atoms with Crippen LogP contribution in [0.4, 0.5) is 4.79 Å². The Balaban J connectivity index is 1.52. The first kappa shape index (κ1) is 15.3. The number of nitrogens with zero attached hydrogens (tertiary/aromatic N) is 3. The van der Waals surface area contributed by atoms with Crippen LogP contribution in [0.15, 0.2) is 17.8 Å². The number of fused-ring (bicyclic) bond motifs is 1. The van der Waals surface area contributed by atoms with Crippen LogP contribution in [0.5, 0.6) is 0 Å². The van der Waals surface area contributed by atoms with E-state index < -0.39 is 0 Å². The van der Waals surface area contributed by atoms with Gasteiger partial charge in [-0.05, 0) is 26.7 Å². The molecule has 1 atom stereocenters. The zero-order chi connectivity index (χ0) is 15.5. The molecule has 0 aliphatic carbocycles. The molecule has 0 bridgehead atoms. The summed E-state index contributed by atoms with van der Waals surface area (Å²) in [6.45, 7) is 5.92. The van der Waals surface area contributed by atoms with E-state index >= 15 is 0 Å². The highest BCUT2D eigenvalue weighted by Crippen LogP contribution is 2.19. The molecule has 120 valence electrons. The average Bonchev–Trinajstić information content (AvgIpc) is 3.09. The molecular weight excluding hydrogens is 300 g/mol. The van der Waals surface area contributed by atoms with Gasteiger partial charge in [0, 0.05) is 42.9 Å². The van der Waals surface area contributed by atoms with Gasteiger partial charge in [0.15, 0.2) is 4.96 Å². The summed E-state index contributed by atoms with van der Waals surface area (Å²) in [7, 11) is 0. The molecule has 0 saturated carbocycles. The normalized spacial score (nSPS) is 17.8. The Kier molecular flexibility index (Phi) is 4.63. The molecule has 22 heavy (non-hydrogen) atoms. The summed E-state index contributed by atoms with van der Waals surface area (Å²) >= 11 is 1.65. The number of amides is 1. The number of aromatic nitrogens is 2. The van der Waals surface area contributed by atoms with Crippen molar-refractivity contribution in [3.63, 3.8) is 0 Å². The van der Waals surface area contributed by atoms with E-state index in [2.05, 4.69) is 27.8 Å². The molecule has 0 radical (unpaired) electrons. The van der Waals surface area contributed by atoms with E-state index in [0.717, 1.165) is 36.6 Å². The van der Waals surface area contributed by atoms with Crippen LogP contribution in [-0.2, 0) is 4.74 Å². The lowest BCUT2D eigenvalue weighted by molar-refractivity contribution is 0.0943. The number of rotatable bonds is 4. The Morgan fingerprint density at radius 1 is 1.55 bits per heavy atom. The van der Waals surface area contributed by atoms with Crippen molar-refractivity contribution in [1.82, 2.24) is 19.6 Å². The zero-order valence-electron chi connectivity index (χ0n) is 13.0. The summed E-state index contributed by atoms with van der Waals surface area (Å²) in [5, 5.41) is 5.66. The van der Waals surface area contributed by atoms with Gasteiger partial charge in [0.1, 0.15) is 0 Å². The van der Waals surface area contributed by atoms with E-state index in [1.807, 2.05) is 18.5 Å². The van der Waals surface area contributed by atoms with E-state index in [1.165, 1.54) is 0 Å². The molecule has 0 unspecified atom stereocenters. The SMILES string of the molecule is CCOC(=O)N1CCC(N[C@H](C)c2cn3ccsc3n2)CC1. The number of ether oxygens (including phenoxy) is 1. The van der Waals surface area contributed by atoms with E-state index in [4.69, 9.17) is 4.74 Å². The maximum Gasteiger partial charge on any atom is 0.409 e. The number of thiazole rings is 1. The molecule has 3 rings (SSSR count). The standard InChI is InChI=1S/C15H22N4O2S/c1-3-21-15(20)18-6-4-12(5-7-18)16-11(2)13-10-19-8-9-22-14(19)17-13/h8-12,16H,3-7H2,1-2H3/t11-/m1/s1. The highest BCUT2D eigenvalue weighted by Gasteiger charge is 2.25. The van der Waals surface area contributed by atoms with Crippen molar-refractivity contribution in [1.29, 1.82) is 0 Å². The van der Waals surface area contributed by atoms with Crippen LogP contribution >= 0.6 is 11.3 Å². The fourth-order valence-electron chi connectivity index (χ4n) is 2.84. The van der Waals surface area contributed by atoms with Gasteiger partial charge in [-0.25, -0.2) is 9.78 Å². The first-order chi connectivity index (χ1) is 10.7. The Bertz CT molecular complexity index is 602. The highest BCUT2D eigenvalue weighted by atomic mass is 32.1. The van der Waals surface area contributed by atoms with Crippen molar-refractivity contribution < 1.29 is 9.53 Å². The number of carbonyl (C=O) groups excluding carboxylic acids is 1. The van der Waals surface area contributed by atoms with Crippen LogP contribution in [-0.4, -0.2) is 46.1 Å². The van der Waals surface area contributed by atoms with E-state index in [0.29, 0.717) is 12.6 Å². The van der Waals surface area contributed by atoms with Crippen LogP contribution in [0.3, 0.4) is 0 Å². The Hall–Kier alpha value is -1.60. The molecule has 1 aliphatic rings. The predicted molar refractivity (Wildman–Crippen MR) is 86.2 cm³/mol. The lowest BCUT2D eigenvalue weighted by atomic mass is 10.0. The van der Waals surface area contributed by atoms with Gasteiger partial charge < -0.3 is 15.0 Å². The lowest BCUT2D eigenvalue weighted by Gasteiger charge is -2.33. The fraction of sp³-hybridized carbons (Fsp3) is 0.600. The number of nitrogens with one attached hydrogen (secondary N) is 1. The van der Waals surface area contributed by atoms with E-state index in [-0.39, 0.29) is 12.1 Å². The second-order valence-electron chi connectivity index (χ2n) is 5.61. The van der Waals surface area contributed by atoms with Gasteiger partial charge in [0.2, 0.25) is 0 Å². The molecule has 3 heterocycles. The first-order valence-corrected chi connectivity index (χ1v) is 8.65. The molecular formula is C15H22N4O2S. The van der Waals surface area contributed by atoms with Gasteiger partial charge in [-0.2, -0.15) is 0 Å². The molecule has 1 aliphatic heterocycles. The van der Waals surface area contributed by atoms with Crippen molar-refractivity contribution in [2.24, 2.45) is 0 Å². The van der Waals surface area contributed by atoms with Gasteiger partial charge >= 0.3 is 6.09 Å². The predicted octanol–water partition coefficient (Wildman–Crippen LogP) is 2.67. The molecule has 1 fully saturated rings. The largest absolute Gasteiger partial charge is 0.450 e. The fourth-order valence-corrected chi connectivity index (χ4v) is 3.54. The number of likely N-dealkylation sites (tertiary alicyclic amines) is 1. The van der Waals surface area contributed by atoms with Crippen LogP contribution in [0.1, 0.15) is 38.4 Å². The molecule has 1 amide bonds. The van der Waals surface area contributed by atoms with Crippen molar-refractivity contribution in [3.05, 3.63) is 23.5 Å². The topological polar surface area (TPSA) is 58.9 Å². The Labute approximate surface area is 134 Å². The number of imidazole rings is 1. The van der Waals surface area contributed by atoms with Gasteiger partial charge in [-0.3, -0.25) is 4.40 Å². The Morgan fingerprint density at radius 3 is 3.00 bits per heavy atom. The van der Waals surface area contributed by atoms with Gasteiger partial charge in [-0.15, -0.1) is 11.3 Å². The van der Waals surface area contributed by atoms with Crippen LogP contribution in [0.2, 0.25) is 0 Å². The van der Waals surface area contributed by atoms with Crippen molar-refractivity contribution in [2.75, 3.05) is 19.7 Å². The molecule has 1 saturated heterocycles. The smallest absolute Gasteiger partial charge is 0.409 e. The van der Waals surface area contributed by atoms with Gasteiger partial charge in [-0.1, -0.05) is 0 Å². The zero-order valence-corrected chi connectivity index (χ0v) is 13.8. The molecule has 6 nitrogen and oxygen atoms in total. The second kappa shape index (κ2) is 6.66. The van der Waals surface area contributed by atoms with Crippen LogP contribution in [0, 0.1) is 0 Å². The van der Waals surface area contributed by atoms with Gasteiger partial charge in [0.25, 0.3) is 0 Å². The minimum Gasteiger partial charge on any atom is -0.450 e. The molecule has 7 heteroatoms. The minimum absolute atomic E-state index is 0.191. The molecule has 2 aromatic rings. The number of hydrogen-bond donors (Lipinski definition) is 1. The van der Waals surface area contributed by atoms with Crippen molar-refractivity contribution in [2.45, 2.75) is 38.8 Å². The molecule has 1 N–H and O–H groups in total. The van der Waals surface area contributed by atoms with E-state index in [9.17, 15) is 4.79 Å². The third-order valence-corrected chi connectivity index (χ3v) is 4.83. The summed E-state index contributed by atoms with van der Waals surface area (Å²) < 4.78 is 7.10. The summed E-state index contributed by atoms with van der Waals surface area (Å²) in [5.41, 5.74) is 1.07. The number of hydrogen-bond acceptors (Lipinski definition) is 5. The van der Waals surface area contributed by atoms with Crippen molar-refractivity contribution >= 4 is 22.4 Å². The average molecular weight is 322 g/mol. The third-order valence-electron chi connectivity index (χ3n) is 4.06. The maximum atomic E-state index is 11.7. The third kappa shape index (κ3) is 3.25. The molecule has 0 aromatic carbocycles. The summed E-state index contributed by atoms with van der Waals surface area (Å²) in [6, 6.07) is 0.631. The van der Waals surface area contributed by atoms with E-state index in [1.54, 1.807) is 16.2 Å². The highest BCUT2D eigenvalue weighted by molar-refractivity contribution is 7.15. The van der Waals surface area contributed by atoms with Gasteiger partial charge in [0.05, 0.1) is 12.3 Å². The Morgan fingerprint density at radius 2 is 2.32 bits per heavy atom. The summed E-state index contributed by atoms with van der Waals surface area (Å²) in [6.07, 6.45) is 5.82. The quantitative estimate of drug-likeness (QED) is 0.940. The number of piperidine rings is 1.